The molecule has 2 N–H and O–H groups in total. The first-order valence-corrected chi connectivity index (χ1v) is 7.31. The Hall–Kier alpha value is -1.71. The highest BCUT2D eigenvalue weighted by Crippen LogP contribution is 2.30. The second-order valence-electron chi connectivity index (χ2n) is 5.90. The van der Waals surface area contributed by atoms with Gasteiger partial charge in [-0.15, -0.1) is 0 Å². The molecular weight excluding hydrogens is 254 g/mol. The first-order valence-electron chi connectivity index (χ1n) is 7.31. The number of hydrogen-bond donors (Lipinski definition) is 2. The van der Waals surface area contributed by atoms with Crippen LogP contribution in [0.4, 0.5) is 0 Å². The van der Waals surface area contributed by atoms with Crippen molar-refractivity contribution in [1.82, 2.24) is 4.90 Å². The molecule has 0 bridgehead atoms. The van der Waals surface area contributed by atoms with Crippen molar-refractivity contribution in [1.29, 1.82) is 0 Å². The zero-order valence-corrected chi connectivity index (χ0v) is 12.2. The maximum atomic E-state index is 12.5. The Balaban J connectivity index is 2.14. The summed E-state index contributed by atoms with van der Waals surface area (Å²) in [6, 6.07) is 4.39. The number of hydrogen-bond acceptors (Lipinski definition) is 3. The van der Waals surface area contributed by atoms with Crippen LogP contribution in [0, 0.1) is 11.8 Å². The molecule has 0 radical (unpaired) electrons. The summed E-state index contributed by atoms with van der Waals surface area (Å²) in [4.78, 5) is 14.2. The number of benzene rings is 1. The van der Waals surface area contributed by atoms with E-state index < -0.39 is 0 Å². The molecule has 1 saturated heterocycles. The standard InChI is InChI=1S/C16H23NO3/c1-11(2)12-5-4-9-17(10-8-12)16(20)15-13(18)6-3-7-14(15)19/h3,6-7,11-12,18-19H,4-5,8-10H2,1-2H3. The summed E-state index contributed by atoms with van der Waals surface area (Å²) in [7, 11) is 0. The largest absolute Gasteiger partial charge is 0.507 e. The summed E-state index contributed by atoms with van der Waals surface area (Å²) >= 11 is 0. The van der Waals surface area contributed by atoms with E-state index in [-0.39, 0.29) is 23.0 Å². The lowest BCUT2D eigenvalue weighted by Gasteiger charge is -2.22. The van der Waals surface area contributed by atoms with Gasteiger partial charge >= 0.3 is 0 Å². The molecule has 1 fully saturated rings. The minimum Gasteiger partial charge on any atom is -0.507 e. The molecule has 0 aromatic heterocycles. The van der Waals surface area contributed by atoms with Crippen LogP contribution < -0.4 is 0 Å². The lowest BCUT2D eigenvalue weighted by atomic mass is 9.89. The Kier molecular flexibility index (Phi) is 4.53. The number of phenolic OH excluding ortho intramolecular Hbond substituents is 2. The van der Waals surface area contributed by atoms with Crippen LogP contribution in [0.25, 0.3) is 0 Å². The average Bonchev–Trinajstić information content (AvgIpc) is 2.64. The average molecular weight is 277 g/mol. The molecule has 1 aromatic rings. The predicted molar refractivity (Wildman–Crippen MR) is 77.9 cm³/mol. The van der Waals surface area contributed by atoms with Gasteiger partial charge in [0.2, 0.25) is 0 Å². The first-order chi connectivity index (χ1) is 9.50. The summed E-state index contributed by atoms with van der Waals surface area (Å²) in [6.07, 6.45) is 3.09. The van der Waals surface area contributed by atoms with E-state index in [0.29, 0.717) is 24.9 Å². The zero-order chi connectivity index (χ0) is 14.7. The molecule has 110 valence electrons. The third-order valence-corrected chi connectivity index (χ3v) is 4.24. The number of aromatic hydroxyl groups is 2. The van der Waals surface area contributed by atoms with Crippen molar-refractivity contribution in [2.45, 2.75) is 33.1 Å². The van der Waals surface area contributed by atoms with E-state index >= 15 is 0 Å². The minimum atomic E-state index is -0.273. The molecule has 0 saturated carbocycles. The van der Waals surface area contributed by atoms with Crippen molar-refractivity contribution in [3.8, 4) is 11.5 Å². The second-order valence-corrected chi connectivity index (χ2v) is 5.90. The highest BCUT2D eigenvalue weighted by Gasteiger charge is 2.26. The normalized spacial score (nSPS) is 19.9. The first kappa shape index (κ1) is 14.7. The van der Waals surface area contributed by atoms with Gasteiger partial charge in [-0.3, -0.25) is 4.79 Å². The molecule has 1 aliphatic rings. The zero-order valence-electron chi connectivity index (χ0n) is 12.2. The van der Waals surface area contributed by atoms with E-state index in [0.717, 1.165) is 19.3 Å². The van der Waals surface area contributed by atoms with Crippen LogP contribution in [0.15, 0.2) is 18.2 Å². The Labute approximate surface area is 120 Å². The number of amides is 1. The summed E-state index contributed by atoms with van der Waals surface area (Å²) in [6.45, 7) is 5.82. The summed E-state index contributed by atoms with van der Waals surface area (Å²) in [5.74, 6) is 0.693. The van der Waals surface area contributed by atoms with Gasteiger partial charge in [0.15, 0.2) is 0 Å². The number of carbonyl (C=O) groups is 1. The van der Waals surface area contributed by atoms with Gasteiger partial charge in [0.05, 0.1) is 0 Å². The topological polar surface area (TPSA) is 60.8 Å². The third-order valence-electron chi connectivity index (χ3n) is 4.24. The maximum Gasteiger partial charge on any atom is 0.261 e. The van der Waals surface area contributed by atoms with E-state index in [9.17, 15) is 15.0 Å². The van der Waals surface area contributed by atoms with Crippen molar-refractivity contribution in [3.63, 3.8) is 0 Å². The predicted octanol–water partition coefficient (Wildman–Crippen LogP) is 3.00. The van der Waals surface area contributed by atoms with Crippen molar-refractivity contribution in [2.24, 2.45) is 11.8 Å². The van der Waals surface area contributed by atoms with Crippen LogP contribution in [0.3, 0.4) is 0 Å². The molecule has 1 amide bonds. The second kappa shape index (κ2) is 6.16. The minimum absolute atomic E-state index is 0.0236. The SMILES string of the molecule is CC(C)C1CCCN(C(=O)c2c(O)cccc2O)CC1. The monoisotopic (exact) mass is 277 g/mol. The number of phenols is 2. The van der Waals surface area contributed by atoms with Crippen LogP contribution in [-0.2, 0) is 0 Å². The molecule has 20 heavy (non-hydrogen) atoms. The number of rotatable bonds is 2. The maximum absolute atomic E-state index is 12.5. The molecule has 0 spiro atoms. The quantitative estimate of drug-likeness (QED) is 0.873. The number of likely N-dealkylation sites (tertiary alicyclic amines) is 1. The fourth-order valence-corrected chi connectivity index (χ4v) is 2.90. The van der Waals surface area contributed by atoms with Crippen LogP contribution in [0.2, 0.25) is 0 Å². The molecule has 0 aliphatic carbocycles. The van der Waals surface area contributed by atoms with Gasteiger partial charge in [0, 0.05) is 13.1 Å². The smallest absolute Gasteiger partial charge is 0.261 e. The van der Waals surface area contributed by atoms with Gasteiger partial charge in [-0.1, -0.05) is 19.9 Å². The Morgan fingerprint density at radius 3 is 2.45 bits per heavy atom. The fourth-order valence-electron chi connectivity index (χ4n) is 2.90. The van der Waals surface area contributed by atoms with E-state index in [1.807, 2.05) is 0 Å². The highest BCUT2D eigenvalue weighted by atomic mass is 16.3. The fraction of sp³-hybridized carbons (Fsp3) is 0.562. The van der Waals surface area contributed by atoms with Crippen LogP contribution in [-0.4, -0.2) is 34.1 Å². The summed E-state index contributed by atoms with van der Waals surface area (Å²) < 4.78 is 0. The summed E-state index contributed by atoms with van der Waals surface area (Å²) in [5.41, 5.74) is 0.0236. The van der Waals surface area contributed by atoms with Crippen molar-refractivity contribution in [2.75, 3.05) is 13.1 Å². The molecule has 4 heteroatoms. The molecule has 1 atom stereocenters. The van der Waals surface area contributed by atoms with Crippen LogP contribution >= 0.6 is 0 Å². The third kappa shape index (κ3) is 3.06. The lowest BCUT2D eigenvalue weighted by molar-refractivity contribution is 0.0752. The van der Waals surface area contributed by atoms with E-state index in [1.54, 1.807) is 4.90 Å². The van der Waals surface area contributed by atoms with Gasteiger partial charge < -0.3 is 15.1 Å². The van der Waals surface area contributed by atoms with Crippen molar-refractivity contribution >= 4 is 5.91 Å². The van der Waals surface area contributed by atoms with Gasteiger partial charge in [-0.25, -0.2) is 0 Å². The molecule has 1 unspecified atom stereocenters. The van der Waals surface area contributed by atoms with E-state index in [1.165, 1.54) is 18.2 Å². The van der Waals surface area contributed by atoms with Gasteiger partial charge in [-0.2, -0.15) is 0 Å². The summed E-state index contributed by atoms with van der Waals surface area (Å²) in [5, 5.41) is 19.6. The number of carbonyl (C=O) groups excluding carboxylic acids is 1. The molecule has 2 rings (SSSR count). The van der Waals surface area contributed by atoms with E-state index in [2.05, 4.69) is 13.8 Å². The molecule has 1 aromatic carbocycles. The molecular formula is C16H23NO3. The Morgan fingerprint density at radius 2 is 1.85 bits per heavy atom. The van der Waals surface area contributed by atoms with Crippen LogP contribution in [0.1, 0.15) is 43.5 Å². The van der Waals surface area contributed by atoms with Gasteiger partial charge in [0.25, 0.3) is 5.91 Å². The molecule has 1 heterocycles. The van der Waals surface area contributed by atoms with Crippen molar-refractivity contribution in [3.05, 3.63) is 23.8 Å². The van der Waals surface area contributed by atoms with Crippen molar-refractivity contribution < 1.29 is 15.0 Å². The lowest BCUT2D eigenvalue weighted by Crippen LogP contribution is -2.32. The van der Waals surface area contributed by atoms with Crippen LogP contribution in [0.5, 0.6) is 11.5 Å². The van der Waals surface area contributed by atoms with E-state index in [4.69, 9.17) is 0 Å². The Bertz CT molecular complexity index is 464. The van der Waals surface area contributed by atoms with Gasteiger partial charge in [-0.05, 0) is 43.2 Å². The Morgan fingerprint density at radius 1 is 1.20 bits per heavy atom. The highest BCUT2D eigenvalue weighted by molar-refractivity contribution is 5.99. The molecule has 4 nitrogen and oxygen atoms in total. The van der Waals surface area contributed by atoms with Gasteiger partial charge in [0.1, 0.15) is 17.1 Å². The number of nitrogens with zero attached hydrogens (tertiary/aromatic N) is 1. The molecule has 1 aliphatic heterocycles.